The van der Waals surface area contributed by atoms with Crippen molar-refractivity contribution in [1.29, 1.82) is 0 Å². The minimum atomic E-state index is -3.79. The lowest BCUT2D eigenvalue weighted by Gasteiger charge is -2.22. The third-order valence-corrected chi connectivity index (χ3v) is 6.11. The maximum absolute atomic E-state index is 12.9. The third kappa shape index (κ3) is 2.88. The second-order valence-corrected chi connectivity index (χ2v) is 8.46. The number of esters is 1. The number of fused-ring (bicyclic) bond motifs is 1. The summed E-state index contributed by atoms with van der Waals surface area (Å²) in [6.45, 7) is 5.41. The summed E-state index contributed by atoms with van der Waals surface area (Å²) in [4.78, 5) is 12.2. The van der Waals surface area contributed by atoms with Crippen LogP contribution in [0, 0.1) is 6.92 Å². The Morgan fingerprint density at radius 1 is 1.12 bits per heavy atom. The second-order valence-electron chi connectivity index (χ2n) is 6.70. The highest BCUT2D eigenvalue weighted by Crippen LogP contribution is 2.29. The van der Waals surface area contributed by atoms with E-state index >= 15 is 0 Å². The van der Waals surface area contributed by atoms with Crippen molar-refractivity contribution in [1.82, 2.24) is 9.19 Å². The van der Waals surface area contributed by atoms with E-state index in [1.165, 1.54) is 13.3 Å². The number of aryl methyl sites for hydroxylation is 1. The zero-order valence-electron chi connectivity index (χ0n) is 15.1. The molecule has 3 aromatic rings. The first kappa shape index (κ1) is 18.1. The van der Waals surface area contributed by atoms with Crippen molar-refractivity contribution < 1.29 is 17.9 Å². The summed E-state index contributed by atoms with van der Waals surface area (Å²) < 4.78 is 31.6. The average Bonchev–Trinajstić information content (AvgIpc) is 3.05. The van der Waals surface area contributed by atoms with E-state index in [0.29, 0.717) is 10.9 Å². The standard InChI is InChI=1S/C19H20N2O4S/c1-13-5-8-16(9-6-13)26(23,24)21-17-10-7-15(11-14(17)12-20-21)19(2,3)18(22)25-4/h5-12H,1-4H3. The number of hydrogen-bond donors (Lipinski definition) is 0. The van der Waals surface area contributed by atoms with Crippen LogP contribution in [-0.2, 0) is 25.0 Å². The fourth-order valence-electron chi connectivity index (χ4n) is 2.77. The Kier molecular flexibility index (Phi) is 4.36. The molecule has 1 aromatic heterocycles. The average molecular weight is 372 g/mol. The van der Waals surface area contributed by atoms with Crippen LogP contribution >= 0.6 is 0 Å². The van der Waals surface area contributed by atoms with Gasteiger partial charge in [0.2, 0.25) is 0 Å². The minimum Gasteiger partial charge on any atom is -0.468 e. The Bertz CT molecular complexity index is 1080. The molecule has 0 radical (unpaired) electrons. The Balaban J connectivity index is 2.10. The number of rotatable bonds is 4. The summed E-state index contributed by atoms with van der Waals surface area (Å²) >= 11 is 0. The molecule has 0 atom stereocenters. The molecule has 7 heteroatoms. The summed E-state index contributed by atoms with van der Waals surface area (Å²) in [5.41, 5.74) is 1.31. The van der Waals surface area contributed by atoms with Gasteiger partial charge in [-0.05, 0) is 50.6 Å². The van der Waals surface area contributed by atoms with Crippen molar-refractivity contribution >= 4 is 26.9 Å². The number of carbonyl (C=O) groups excluding carboxylic acids is 1. The van der Waals surface area contributed by atoms with Gasteiger partial charge in [0.1, 0.15) is 0 Å². The number of methoxy groups -OCH3 is 1. The lowest BCUT2D eigenvalue weighted by atomic mass is 9.84. The second kappa shape index (κ2) is 6.25. The van der Waals surface area contributed by atoms with Crippen LogP contribution in [0.25, 0.3) is 10.9 Å². The molecule has 6 nitrogen and oxygen atoms in total. The predicted molar refractivity (Wildman–Crippen MR) is 98.5 cm³/mol. The van der Waals surface area contributed by atoms with Gasteiger partial charge in [-0.2, -0.15) is 17.6 Å². The molecule has 0 aliphatic rings. The molecule has 0 amide bonds. The first-order chi connectivity index (χ1) is 12.2. The molecule has 0 aliphatic heterocycles. The Hall–Kier alpha value is -2.67. The number of nitrogens with zero attached hydrogens (tertiary/aromatic N) is 2. The van der Waals surface area contributed by atoms with Gasteiger partial charge in [-0.15, -0.1) is 0 Å². The van der Waals surface area contributed by atoms with Crippen LogP contribution in [-0.4, -0.2) is 30.7 Å². The Morgan fingerprint density at radius 3 is 2.38 bits per heavy atom. The smallest absolute Gasteiger partial charge is 0.315 e. The summed E-state index contributed by atoms with van der Waals surface area (Å²) in [5.74, 6) is -0.364. The molecule has 0 unspecified atom stereocenters. The van der Waals surface area contributed by atoms with Crippen molar-refractivity contribution in [2.45, 2.75) is 31.1 Å². The number of aromatic nitrogens is 2. The topological polar surface area (TPSA) is 78.3 Å². The van der Waals surface area contributed by atoms with Gasteiger partial charge in [0.25, 0.3) is 10.0 Å². The first-order valence-electron chi connectivity index (χ1n) is 8.07. The molecule has 0 fully saturated rings. The van der Waals surface area contributed by atoms with E-state index in [4.69, 9.17) is 4.74 Å². The molecular formula is C19H20N2O4S. The predicted octanol–water partition coefficient (Wildman–Crippen LogP) is 3.03. The van der Waals surface area contributed by atoms with E-state index in [2.05, 4.69) is 5.10 Å². The molecule has 0 saturated carbocycles. The number of benzene rings is 2. The van der Waals surface area contributed by atoms with Crippen molar-refractivity contribution in [3.8, 4) is 0 Å². The fourth-order valence-corrected chi connectivity index (χ4v) is 4.05. The van der Waals surface area contributed by atoms with Crippen molar-refractivity contribution in [3.05, 3.63) is 59.8 Å². The van der Waals surface area contributed by atoms with Crippen LogP contribution in [0.15, 0.2) is 53.6 Å². The highest BCUT2D eigenvalue weighted by atomic mass is 32.2. The van der Waals surface area contributed by atoms with Gasteiger partial charge in [0.15, 0.2) is 0 Å². The quantitative estimate of drug-likeness (QED) is 0.658. The van der Waals surface area contributed by atoms with E-state index in [1.807, 2.05) is 6.92 Å². The lowest BCUT2D eigenvalue weighted by Crippen LogP contribution is -2.30. The van der Waals surface area contributed by atoms with E-state index in [0.717, 1.165) is 15.2 Å². The summed E-state index contributed by atoms with van der Waals surface area (Å²) in [5, 5.41) is 4.70. The van der Waals surface area contributed by atoms with Crippen LogP contribution < -0.4 is 0 Å². The summed E-state index contributed by atoms with van der Waals surface area (Å²) in [7, 11) is -2.45. The maximum atomic E-state index is 12.9. The molecule has 0 spiro atoms. The van der Waals surface area contributed by atoms with E-state index < -0.39 is 15.4 Å². The monoisotopic (exact) mass is 372 g/mol. The van der Waals surface area contributed by atoms with Crippen LogP contribution in [0.2, 0.25) is 0 Å². The van der Waals surface area contributed by atoms with Crippen molar-refractivity contribution in [3.63, 3.8) is 0 Å². The van der Waals surface area contributed by atoms with Crippen LogP contribution in [0.3, 0.4) is 0 Å². The zero-order chi connectivity index (χ0) is 19.1. The maximum Gasteiger partial charge on any atom is 0.315 e. The van der Waals surface area contributed by atoms with Gasteiger partial charge in [0, 0.05) is 5.39 Å². The number of hydrogen-bond acceptors (Lipinski definition) is 5. The van der Waals surface area contributed by atoms with Crippen molar-refractivity contribution in [2.24, 2.45) is 0 Å². The normalized spacial score (nSPS) is 12.3. The fraction of sp³-hybridized carbons (Fsp3) is 0.263. The largest absolute Gasteiger partial charge is 0.468 e. The zero-order valence-corrected chi connectivity index (χ0v) is 15.9. The Morgan fingerprint density at radius 2 is 1.77 bits per heavy atom. The molecule has 1 heterocycles. The van der Waals surface area contributed by atoms with Gasteiger partial charge in [0.05, 0.1) is 29.1 Å². The third-order valence-electron chi connectivity index (χ3n) is 4.50. The van der Waals surface area contributed by atoms with Crippen LogP contribution in [0.1, 0.15) is 25.0 Å². The summed E-state index contributed by atoms with van der Waals surface area (Å²) in [6, 6.07) is 11.8. The van der Waals surface area contributed by atoms with E-state index in [9.17, 15) is 13.2 Å². The first-order valence-corrected chi connectivity index (χ1v) is 9.51. The molecule has 3 rings (SSSR count). The highest BCUT2D eigenvalue weighted by molar-refractivity contribution is 7.90. The van der Waals surface area contributed by atoms with E-state index in [1.54, 1.807) is 56.3 Å². The molecule has 26 heavy (non-hydrogen) atoms. The van der Waals surface area contributed by atoms with Gasteiger partial charge in [-0.25, -0.2) is 0 Å². The summed E-state index contributed by atoms with van der Waals surface area (Å²) in [6.07, 6.45) is 1.48. The molecular weight excluding hydrogens is 352 g/mol. The van der Waals surface area contributed by atoms with Crippen LogP contribution in [0.4, 0.5) is 0 Å². The minimum absolute atomic E-state index is 0.173. The van der Waals surface area contributed by atoms with Gasteiger partial charge in [-0.1, -0.05) is 23.8 Å². The van der Waals surface area contributed by atoms with E-state index in [-0.39, 0.29) is 10.9 Å². The molecule has 0 bridgehead atoms. The number of ether oxygens (including phenoxy) is 1. The highest BCUT2D eigenvalue weighted by Gasteiger charge is 2.31. The molecule has 0 N–H and O–H groups in total. The molecule has 0 aliphatic carbocycles. The van der Waals surface area contributed by atoms with Crippen molar-refractivity contribution in [2.75, 3.05) is 7.11 Å². The van der Waals surface area contributed by atoms with Gasteiger partial charge in [-0.3, -0.25) is 4.79 Å². The number of carbonyl (C=O) groups is 1. The van der Waals surface area contributed by atoms with Gasteiger partial charge < -0.3 is 4.74 Å². The molecule has 0 saturated heterocycles. The lowest BCUT2D eigenvalue weighted by molar-refractivity contribution is -0.146. The SMILES string of the molecule is COC(=O)C(C)(C)c1ccc2c(cnn2S(=O)(=O)c2ccc(C)cc2)c1. The van der Waals surface area contributed by atoms with Crippen LogP contribution in [0.5, 0.6) is 0 Å². The molecule has 136 valence electrons. The van der Waals surface area contributed by atoms with Gasteiger partial charge >= 0.3 is 5.97 Å². The molecule has 2 aromatic carbocycles. The Labute approximate surface area is 152 Å².